The zero-order valence-electron chi connectivity index (χ0n) is 13.3. The van der Waals surface area contributed by atoms with Crippen molar-refractivity contribution in [2.24, 2.45) is 17.3 Å². The Labute approximate surface area is 118 Å². The maximum Gasteiger partial charge on any atom is 0.223 e. The summed E-state index contributed by atoms with van der Waals surface area (Å²) >= 11 is 0. The van der Waals surface area contributed by atoms with E-state index < -0.39 is 5.60 Å². The molecule has 1 saturated carbocycles. The van der Waals surface area contributed by atoms with E-state index in [1.807, 2.05) is 0 Å². The van der Waals surface area contributed by atoms with Crippen molar-refractivity contribution in [3.8, 4) is 0 Å². The molecule has 1 rings (SSSR count). The van der Waals surface area contributed by atoms with Gasteiger partial charge in [0.15, 0.2) is 0 Å². The average molecular weight is 269 g/mol. The summed E-state index contributed by atoms with van der Waals surface area (Å²) in [6.45, 7) is 10.7. The van der Waals surface area contributed by atoms with E-state index in [0.29, 0.717) is 18.9 Å². The van der Waals surface area contributed by atoms with Gasteiger partial charge in [0.1, 0.15) is 0 Å². The lowest BCUT2D eigenvalue weighted by Gasteiger charge is -2.38. The van der Waals surface area contributed by atoms with Crippen LogP contribution >= 0.6 is 0 Å². The molecule has 2 N–H and O–H groups in total. The van der Waals surface area contributed by atoms with Gasteiger partial charge in [0.05, 0.1) is 5.60 Å². The van der Waals surface area contributed by atoms with Crippen LogP contribution in [0, 0.1) is 17.3 Å². The standard InChI is InChI=1S/C16H31NO2/c1-12(2)10-16(5,19)11-17-14(18)13-8-6-7-9-15(13,3)4/h12-13,19H,6-11H2,1-5H3,(H,17,18). The van der Waals surface area contributed by atoms with Gasteiger partial charge in [0, 0.05) is 12.5 Å². The number of rotatable bonds is 5. The number of hydrogen-bond donors (Lipinski definition) is 2. The smallest absolute Gasteiger partial charge is 0.223 e. The molecule has 0 spiro atoms. The summed E-state index contributed by atoms with van der Waals surface area (Å²) in [7, 11) is 0. The molecular formula is C16H31NO2. The maximum absolute atomic E-state index is 12.3. The Hall–Kier alpha value is -0.570. The molecule has 3 nitrogen and oxygen atoms in total. The minimum absolute atomic E-state index is 0.0895. The van der Waals surface area contributed by atoms with Crippen LogP contribution in [0.3, 0.4) is 0 Å². The van der Waals surface area contributed by atoms with Gasteiger partial charge in [-0.3, -0.25) is 4.79 Å². The molecule has 0 heterocycles. The second kappa shape index (κ2) is 6.25. The topological polar surface area (TPSA) is 49.3 Å². The summed E-state index contributed by atoms with van der Waals surface area (Å²) in [6, 6.07) is 0. The molecule has 112 valence electrons. The minimum Gasteiger partial charge on any atom is -0.388 e. The first-order valence-corrected chi connectivity index (χ1v) is 7.64. The Kier molecular flexibility index (Phi) is 5.43. The van der Waals surface area contributed by atoms with E-state index in [1.165, 1.54) is 6.42 Å². The van der Waals surface area contributed by atoms with Crippen LogP contribution in [0.1, 0.15) is 66.7 Å². The highest BCUT2D eigenvalue weighted by Gasteiger charge is 2.37. The van der Waals surface area contributed by atoms with Gasteiger partial charge < -0.3 is 10.4 Å². The quantitative estimate of drug-likeness (QED) is 0.805. The van der Waals surface area contributed by atoms with Gasteiger partial charge in [0.25, 0.3) is 0 Å². The van der Waals surface area contributed by atoms with Crippen LogP contribution < -0.4 is 5.32 Å². The number of carbonyl (C=O) groups is 1. The summed E-state index contributed by atoms with van der Waals surface area (Å²) in [5, 5.41) is 13.2. The number of carbonyl (C=O) groups excluding carboxylic acids is 1. The van der Waals surface area contributed by atoms with Crippen LogP contribution in [0.2, 0.25) is 0 Å². The predicted molar refractivity (Wildman–Crippen MR) is 78.8 cm³/mol. The zero-order chi connectivity index (χ0) is 14.7. The van der Waals surface area contributed by atoms with E-state index in [1.54, 1.807) is 6.92 Å². The van der Waals surface area contributed by atoms with Gasteiger partial charge in [-0.1, -0.05) is 40.5 Å². The van der Waals surface area contributed by atoms with Crippen molar-refractivity contribution in [1.82, 2.24) is 5.32 Å². The third-order valence-electron chi connectivity index (χ3n) is 4.32. The van der Waals surface area contributed by atoms with Crippen molar-refractivity contribution in [3.63, 3.8) is 0 Å². The highest BCUT2D eigenvalue weighted by molar-refractivity contribution is 5.79. The van der Waals surface area contributed by atoms with E-state index in [-0.39, 0.29) is 17.2 Å². The molecule has 0 aliphatic heterocycles. The van der Waals surface area contributed by atoms with E-state index in [0.717, 1.165) is 19.3 Å². The van der Waals surface area contributed by atoms with Gasteiger partial charge in [-0.05, 0) is 37.5 Å². The number of nitrogens with one attached hydrogen (secondary N) is 1. The summed E-state index contributed by atoms with van der Waals surface area (Å²) < 4.78 is 0. The molecule has 0 radical (unpaired) electrons. The largest absolute Gasteiger partial charge is 0.388 e. The summed E-state index contributed by atoms with van der Waals surface area (Å²) in [6.07, 6.45) is 5.17. The number of aliphatic hydroxyl groups is 1. The average Bonchev–Trinajstić information content (AvgIpc) is 2.23. The molecule has 19 heavy (non-hydrogen) atoms. The van der Waals surface area contributed by atoms with Gasteiger partial charge in [-0.2, -0.15) is 0 Å². The maximum atomic E-state index is 12.3. The molecule has 1 aliphatic carbocycles. The SMILES string of the molecule is CC(C)CC(C)(O)CNC(=O)C1CCCCC1(C)C. The Morgan fingerprint density at radius 3 is 2.58 bits per heavy atom. The monoisotopic (exact) mass is 269 g/mol. The van der Waals surface area contributed by atoms with Crippen molar-refractivity contribution in [2.75, 3.05) is 6.54 Å². The third-order valence-corrected chi connectivity index (χ3v) is 4.32. The predicted octanol–water partition coefficient (Wildman–Crippen LogP) is 3.12. The Morgan fingerprint density at radius 2 is 2.05 bits per heavy atom. The van der Waals surface area contributed by atoms with Gasteiger partial charge >= 0.3 is 0 Å². The lowest BCUT2D eigenvalue weighted by molar-refractivity contribution is -0.131. The summed E-state index contributed by atoms with van der Waals surface area (Å²) in [4.78, 5) is 12.3. The molecule has 2 unspecified atom stereocenters. The molecule has 0 aromatic carbocycles. The van der Waals surface area contributed by atoms with Crippen LogP contribution in [0.25, 0.3) is 0 Å². The first-order chi connectivity index (χ1) is 8.64. The molecule has 1 fully saturated rings. The van der Waals surface area contributed by atoms with E-state index >= 15 is 0 Å². The minimum atomic E-state index is -0.803. The highest BCUT2D eigenvalue weighted by Crippen LogP contribution is 2.40. The van der Waals surface area contributed by atoms with Crippen LogP contribution in [0.4, 0.5) is 0 Å². The fourth-order valence-electron chi connectivity index (χ4n) is 3.33. The first kappa shape index (κ1) is 16.5. The molecular weight excluding hydrogens is 238 g/mol. The highest BCUT2D eigenvalue weighted by atomic mass is 16.3. The zero-order valence-corrected chi connectivity index (χ0v) is 13.3. The molecule has 0 saturated heterocycles. The lowest BCUT2D eigenvalue weighted by atomic mass is 9.68. The van der Waals surface area contributed by atoms with Crippen LogP contribution in [-0.2, 0) is 4.79 Å². The molecule has 1 aliphatic rings. The molecule has 0 aromatic rings. The van der Waals surface area contributed by atoms with Crippen LogP contribution in [0.5, 0.6) is 0 Å². The molecule has 1 amide bonds. The van der Waals surface area contributed by atoms with Gasteiger partial charge in [-0.25, -0.2) is 0 Å². The van der Waals surface area contributed by atoms with Crippen molar-refractivity contribution in [1.29, 1.82) is 0 Å². The Bertz CT molecular complexity index is 308. The molecule has 0 aromatic heterocycles. The summed E-state index contributed by atoms with van der Waals surface area (Å²) in [5.41, 5.74) is -0.713. The number of amides is 1. The molecule has 0 bridgehead atoms. The van der Waals surface area contributed by atoms with Crippen LogP contribution in [-0.4, -0.2) is 23.2 Å². The van der Waals surface area contributed by atoms with E-state index in [9.17, 15) is 9.90 Å². The fraction of sp³-hybridized carbons (Fsp3) is 0.938. The van der Waals surface area contributed by atoms with Crippen molar-refractivity contribution >= 4 is 5.91 Å². The van der Waals surface area contributed by atoms with Gasteiger partial charge in [-0.15, -0.1) is 0 Å². The van der Waals surface area contributed by atoms with E-state index in [4.69, 9.17) is 0 Å². The Morgan fingerprint density at radius 1 is 1.42 bits per heavy atom. The molecule has 2 atom stereocenters. The number of hydrogen-bond acceptors (Lipinski definition) is 2. The van der Waals surface area contributed by atoms with Crippen LogP contribution in [0.15, 0.2) is 0 Å². The van der Waals surface area contributed by atoms with Crippen molar-refractivity contribution in [2.45, 2.75) is 72.3 Å². The Balaban J connectivity index is 2.50. The normalized spacial score (nSPS) is 25.9. The third kappa shape index (κ3) is 5.13. The van der Waals surface area contributed by atoms with Crippen molar-refractivity contribution in [3.05, 3.63) is 0 Å². The van der Waals surface area contributed by atoms with E-state index in [2.05, 4.69) is 33.0 Å². The second-order valence-electron chi connectivity index (χ2n) is 7.60. The lowest BCUT2D eigenvalue weighted by Crippen LogP contribution is -2.47. The van der Waals surface area contributed by atoms with Gasteiger partial charge in [0.2, 0.25) is 5.91 Å². The summed E-state index contributed by atoms with van der Waals surface area (Å²) in [5.74, 6) is 0.642. The molecule has 3 heteroatoms. The first-order valence-electron chi connectivity index (χ1n) is 7.64. The second-order valence-corrected chi connectivity index (χ2v) is 7.60. The van der Waals surface area contributed by atoms with Crippen molar-refractivity contribution < 1.29 is 9.90 Å². The fourth-order valence-corrected chi connectivity index (χ4v) is 3.33.